The Bertz CT molecular complexity index is 1750. The van der Waals surface area contributed by atoms with Crippen molar-refractivity contribution in [1.29, 1.82) is 0 Å². The average molecular weight is 603 g/mol. The molecule has 0 amide bonds. The summed E-state index contributed by atoms with van der Waals surface area (Å²) in [7, 11) is -4.79. The van der Waals surface area contributed by atoms with Crippen LogP contribution in [-0.4, -0.2) is 69.5 Å². The number of rotatable bonds is 10. The Kier molecular flexibility index (Phi) is 8.84. The number of aromatic nitrogens is 3. The molecule has 0 radical (unpaired) electrons. The molecule has 0 aliphatic heterocycles. The predicted molar refractivity (Wildman–Crippen MR) is 154 cm³/mol. The molecule has 7 N–H and O–H groups in total. The number of azo groups is 1. The number of hydrogen-bond acceptors (Lipinski definition) is 13. The number of benzene rings is 3. The van der Waals surface area contributed by atoms with Gasteiger partial charge in [-0.05, 0) is 72.3 Å². The number of hydrogen-bond donors (Lipinski definition) is 6. The van der Waals surface area contributed by atoms with E-state index < -0.39 is 15.0 Å². The van der Waals surface area contributed by atoms with Crippen molar-refractivity contribution in [3.63, 3.8) is 0 Å². The Balaban J connectivity index is 1.74. The summed E-state index contributed by atoms with van der Waals surface area (Å²) >= 11 is 6.03. The van der Waals surface area contributed by atoms with Crippen LogP contribution in [0.3, 0.4) is 0 Å². The van der Waals surface area contributed by atoms with Gasteiger partial charge >= 0.3 is 0 Å². The van der Waals surface area contributed by atoms with Gasteiger partial charge in [0, 0.05) is 18.8 Å². The van der Waals surface area contributed by atoms with Gasteiger partial charge in [0.15, 0.2) is 0 Å². The number of aryl methyl sites for hydroxylation is 2. The Labute approximate surface area is 239 Å². The second-order valence-electron chi connectivity index (χ2n) is 8.98. The standard InChI is InChI=1S/C25H27ClN8O6S/c1-13-9-15-11-14(2)21(27)22(20(15)18(37)10-13)33-32-17-4-3-16(12-19(17)41(38,39)40)28-24-29-23(26)30-25(31-24)34(5-7-35)6-8-36/h3-4,9-12,35-37H,5-8,27H2,1-2H3,(H,38,39,40)(H,28,29,30,31). The molecule has 0 aliphatic rings. The van der Waals surface area contributed by atoms with Gasteiger partial charge in [-0.1, -0.05) is 6.07 Å². The molecule has 14 nitrogen and oxygen atoms in total. The topological polar surface area (TPSA) is 220 Å². The number of halogens is 1. The summed E-state index contributed by atoms with van der Waals surface area (Å²) in [6.45, 7) is 3.36. The summed E-state index contributed by atoms with van der Waals surface area (Å²) in [5.41, 5.74) is 8.06. The molecule has 16 heteroatoms. The number of nitrogens with two attached hydrogens (primary N) is 1. The van der Waals surface area contributed by atoms with Gasteiger partial charge in [0.2, 0.25) is 17.2 Å². The fourth-order valence-corrected chi connectivity index (χ4v) is 4.91. The number of phenols is 1. The van der Waals surface area contributed by atoms with Crippen LogP contribution in [0.5, 0.6) is 5.75 Å². The SMILES string of the molecule is Cc1cc(O)c2c(N=Nc3ccc(Nc4nc(Cl)nc(N(CCO)CCO)n4)cc3S(=O)(=O)O)c(N)c(C)cc2c1. The highest BCUT2D eigenvalue weighted by Crippen LogP contribution is 2.42. The fraction of sp³-hybridized carbons (Fsp3) is 0.240. The minimum Gasteiger partial charge on any atom is -0.507 e. The number of nitrogen functional groups attached to an aromatic ring is 1. The lowest BCUT2D eigenvalue weighted by atomic mass is 10.0. The average Bonchev–Trinajstić information content (AvgIpc) is 2.88. The van der Waals surface area contributed by atoms with Crippen LogP contribution in [0, 0.1) is 13.8 Å². The highest BCUT2D eigenvalue weighted by Gasteiger charge is 2.19. The molecular formula is C25H27ClN8O6S. The van der Waals surface area contributed by atoms with Crippen molar-refractivity contribution < 1.29 is 28.3 Å². The minimum absolute atomic E-state index is 0.0671. The van der Waals surface area contributed by atoms with Gasteiger partial charge in [-0.25, -0.2) is 0 Å². The molecule has 4 rings (SSSR count). The lowest BCUT2D eigenvalue weighted by molar-refractivity contribution is 0.280. The smallest absolute Gasteiger partial charge is 0.296 e. The Morgan fingerprint density at radius 2 is 1.73 bits per heavy atom. The Morgan fingerprint density at radius 1 is 1.02 bits per heavy atom. The first-order chi connectivity index (χ1) is 19.4. The number of aliphatic hydroxyl groups excluding tert-OH is 2. The van der Waals surface area contributed by atoms with Gasteiger partial charge in [0.1, 0.15) is 22.0 Å². The largest absolute Gasteiger partial charge is 0.507 e. The summed E-state index contributed by atoms with van der Waals surface area (Å²) in [6.07, 6.45) is 0. The zero-order valence-corrected chi connectivity index (χ0v) is 23.5. The summed E-state index contributed by atoms with van der Waals surface area (Å²) in [6, 6.07) is 9.02. The van der Waals surface area contributed by atoms with Crippen LogP contribution in [-0.2, 0) is 10.1 Å². The van der Waals surface area contributed by atoms with Crippen LogP contribution < -0.4 is 16.0 Å². The van der Waals surface area contributed by atoms with Crippen LogP contribution in [0.1, 0.15) is 11.1 Å². The van der Waals surface area contributed by atoms with Crippen LogP contribution in [0.25, 0.3) is 10.8 Å². The number of nitrogens with one attached hydrogen (secondary N) is 1. The second kappa shape index (κ2) is 12.2. The number of aliphatic hydroxyl groups is 2. The summed E-state index contributed by atoms with van der Waals surface area (Å²) in [4.78, 5) is 13.1. The van der Waals surface area contributed by atoms with Crippen molar-refractivity contribution in [3.8, 4) is 5.75 Å². The number of nitrogens with zero attached hydrogens (tertiary/aromatic N) is 6. The highest BCUT2D eigenvalue weighted by molar-refractivity contribution is 7.86. The molecular weight excluding hydrogens is 576 g/mol. The van der Waals surface area contributed by atoms with Crippen LogP contribution in [0.4, 0.5) is 34.6 Å². The molecule has 0 saturated heterocycles. The van der Waals surface area contributed by atoms with Gasteiger partial charge in [-0.15, -0.1) is 10.2 Å². The van der Waals surface area contributed by atoms with Gasteiger partial charge in [-0.3, -0.25) is 4.55 Å². The molecule has 0 aliphatic carbocycles. The maximum atomic E-state index is 12.3. The summed E-state index contributed by atoms with van der Waals surface area (Å²) in [5, 5.41) is 41.0. The molecule has 216 valence electrons. The molecule has 1 heterocycles. The van der Waals surface area contributed by atoms with E-state index in [1.54, 1.807) is 19.1 Å². The molecule has 3 aromatic carbocycles. The van der Waals surface area contributed by atoms with Gasteiger partial charge in [-0.2, -0.15) is 23.4 Å². The highest BCUT2D eigenvalue weighted by atomic mass is 35.5. The first-order valence-corrected chi connectivity index (χ1v) is 13.9. The van der Waals surface area contributed by atoms with E-state index in [9.17, 15) is 28.3 Å². The van der Waals surface area contributed by atoms with Crippen LogP contribution >= 0.6 is 11.6 Å². The Morgan fingerprint density at radius 3 is 2.39 bits per heavy atom. The van der Waals surface area contributed by atoms with Gasteiger partial charge in [0.25, 0.3) is 10.1 Å². The molecule has 1 aromatic heterocycles. The van der Waals surface area contributed by atoms with E-state index in [-0.39, 0.29) is 72.0 Å². The van der Waals surface area contributed by atoms with Crippen molar-refractivity contribution >= 4 is 67.1 Å². The summed E-state index contributed by atoms with van der Waals surface area (Å²) in [5.74, 6) is -0.0686. The third kappa shape index (κ3) is 6.78. The van der Waals surface area contributed by atoms with Gasteiger partial charge < -0.3 is 31.3 Å². The fourth-order valence-electron chi connectivity index (χ4n) is 4.11. The van der Waals surface area contributed by atoms with E-state index in [1.807, 2.05) is 13.0 Å². The number of aromatic hydroxyl groups is 1. The predicted octanol–water partition coefficient (Wildman–Crippen LogP) is 3.78. The van der Waals surface area contributed by atoms with E-state index in [0.29, 0.717) is 16.3 Å². The lowest BCUT2D eigenvalue weighted by Crippen LogP contribution is -2.31. The third-order valence-corrected chi connectivity index (χ3v) is 7.00. The van der Waals surface area contributed by atoms with Gasteiger partial charge in [0.05, 0.1) is 24.3 Å². The Hall–Kier alpha value is -4.15. The normalized spacial score (nSPS) is 11.9. The van der Waals surface area contributed by atoms with E-state index in [2.05, 4.69) is 30.5 Å². The molecule has 0 bridgehead atoms. The molecule has 4 aromatic rings. The van der Waals surface area contributed by atoms with E-state index in [1.165, 1.54) is 17.0 Å². The van der Waals surface area contributed by atoms with Crippen LogP contribution in [0.2, 0.25) is 5.28 Å². The number of anilines is 4. The van der Waals surface area contributed by atoms with Crippen molar-refractivity contribution in [2.24, 2.45) is 10.2 Å². The number of fused-ring (bicyclic) bond motifs is 1. The third-order valence-electron chi connectivity index (χ3n) is 5.95. The van der Waals surface area contributed by atoms with E-state index in [0.717, 1.165) is 11.6 Å². The molecule has 0 unspecified atom stereocenters. The minimum atomic E-state index is -4.79. The first kappa shape index (κ1) is 29.8. The lowest BCUT2D eigenvalue weighted by Gasteiger charge is -2.20. The van der Waals surface area contributed by atoms with Crippen molar-refractivity contribution in [2.75, 3.05) is 42.3 Å². The van der Waals surface area contributed by atoms with Crippen molar-refractivity contribution in [1.82, 2.24) is 15.0 Å². The molecule has 0 spiro atoms. The zero-order chi connectivity index (χ0) is 29.9. The second-order valence-corrected chi connectivity index (χ2v) is 10.7. The number of phenolic OH excluding ortho intramolecular Hbond substituents is 1. The van der Waals surface area contributed by atoms with Crippen molar-refractivity contribution in [3.05, 3.63) is 52.8 Å². The van der Waals surface area contributed by atoms with E-state index >= 15 is 0 Å². The molecule has 41 heavy (non-hydrogen) atoms. The molecule has 0 atom stereocenters. The van der Waals surface area contributed by atoms with E-state index in [4.69, 9.17) is 17.3 Å². The summed E-state index contributed by atoms with van der Waals surface area (Å²) < 4.78 is 34.5. The maximum Gasteiger partial charge on any atom is 0.296 e. The quantitative estimate of drug-likeness (QED) is 0.0867. The molecule has 0 saturated carbocycles. The van der Waals surface area contributed by atoms with Crippen LogP contribution in [0.15, 0.2) is 51.5 Å². The monoisotopic (exact) mass is 602 g/mol. The maximum absolute atomic E-state index is 12.3. The van der Waals surface area contributed by atoms with Crippen molar-refractivity contribution in [2.45, 2.75) is 18.7 Å². The molecule has 0 fully saturated rings. The first-order valence-electron chi connectivity index (χ1n) is 12.1. The zero-order valence-electron chi connectivity index (χ0n) is 21.9.